The molecule has 4 heteroatoms. The number of halogens is 1. The molecule has 1 aromatic carbocycles. The number of rotatable bonds is 2. The van der Waals surface area contributed by atoms with Gasteiger partial charge in [0.1, 0.15) is 5.82 Å². The van der Waals surface area contributed by atoms with E-state index >= 15 is 0 Å². The number of hydrogen-bond acceptors (Lipinski definition) is 2. The highest BCUT2D eigenvalue weighted by atomic mass is 19.1. The van der Waals surface area contributed by atoms with E-state index in [1.54, 1.807) is 24.5 Å². The third kappa shape index (κ3) is 2.06. The van der Waals surface area contributed by atoms with Crippen molar-refractivity contribution in [2.45, 2.75) is 0 Å². The Morgan fingerprint density at radius 1 is 1.12 bits per heavy atom. The van der Waals surface area contributed by atoms with E-state index in [0.717, 1.165) is 11.6 Å². The first-order valence-electron chi connectivity index (χ1n) is 4.61. The Morgan fingerprint density at radius 2 is 1.81 bits per heavy atom. The highest BCUT2D eigenvalue weighted by Crippen LogP contribution is 2.21. The van der Waals surface area contributed by atoms with Crippen molar-refractivity contribution in [3.63, 3.8) is 0 Å². The van der Waals surface area contributed by atoms with E-state index in [9.17, 15) is 9.18 Å². The molecule has 3 nitrogen and oxygen atoms in total. The summed E-state index contributed by atoms with van der Waals surface area (Å²) < 4.78 is 13.2. The number of aromatic nitrogens is 1. The third-order valence-corrected chi connectivity index (χ3v) is 2.16. The molecule has 0 spiro atoms. The van der Waals surface area contributed by atoms with Crippen molar-refractivity contribution in [3.05, 3.63) is 54.1 Å². The Kier molecular flexibility index (Phi) is 2.64. The predicted molar refractivity (Wildman–Crippen MR) is 56.6 cm³/mol. The van der Waals surface area contributed by atoms with Crippen LogP contribution in [0.25, 0.3) is 11.1 Å². The molecule has 0 fully saturated rings. The first-order chi connectivity index (χ1) is 7.66. The summed E-state index contributed by atoms with van der Waals surface area (Å²) in [7, 11) is 0. The maximum absolute atomic E-state index is 13.2. The summed E-state index contributed by atoms with van der Waals surface area (Å²) in [6.07, 6.45) is 3.14. The summed E-state index contributed by atoms with van der Waals surface area (Å²) >= 11 is 0. The van der Waals surface area contributed by atoms with Gasteiger partial charge in [0.2, 0.25) is 0 Å². The van der Waals surface area contributed by atoms with Crippen molar-refractivity contribution >= 4 is 5.97 Å². The summed E-state index contributed by atoms with van der Waals surface area (Å²) in [5.41, 5.74) is 1.20. The molecular weight excluding hydrogens is 209 g/mol. The van der Waals surface area contributed by atoms with Gasteiger partial charge in [0.05, 0.1) is 5.56 Å². The van der Waals surface area contributed by atoms with Crippen LogP contribution in [-0.2, 0) is 0 Å². The van der Waals surface area contributed by atoms with E-state index in [4.69, 9.17) is 5.11 Å². The molecule has 80 valence electrons. The minimum atomic E-state index is -1.14. The highest BCUT2D eigenvalue weighted by molar-refractivity contribution is 5.89. The number of carboxylic acids is 1. The molecule has 0 aliphatic heterocycles. The van der Waals surface area contributed by atoms with E-state index in [1.807, 2.05) is 0 Å². The number of benzene rings is 1. The maximum Gasteiger partial charge on any atom is 0.335 e. The predicted octanol–water partition coefficient (Wildman–Crippen LogP) is 2.59. The zero-order valence-corrected chi connectivity index (χ0v) is 8.22. The average molecular weight is 217 g/mol. The minimum absolute atomic E-state index is 0.0631. The standard InChI is InChI=1S/C12H8FNO2/c13-11-6-9(5-10(7-11)12(15)16)8-1-3-14-4-2-8/h1-7H,(H,15,16). The molecule has 0 saturated heterocycles. The number of hydrogen-bond donors (Lipinski definition) is 1. The van der Waals surface area contributed by atoms with Crippen LogP contribution in [0.4, 0.5) is 4.39 Å². The van der Waals surface area contributed by atoms with Crippen molar-refractivity contribution < 1.29 is 14.3 Å². The van der Waals surface area contributed by atoms with Crippen LogP contribution in [0.2, 0.25) is 0 Å². The number of aromatic carboxylic acids is 1. The van der Waals surface area contributed by atoms with E-state index in [0.29, 0.717) is 5.56 Å². The van der Waals surface area contributed by atoms with Gasteiger partial charge in [0.25, 0.3) is 0 Å². The van der Waals surface area contributed by atoms with E-state index in [2.05, 4.69) is 4.98 Å². The van der Waals surface area contributed by atoms with Crippen LogP contribution in [0.1, 0.15) is 10.4 Å². The van der Waals surface area contributed by atoms with E-state index in [1.165, 1.54) is 12.1 Å². The van der Waals surface area contributed by atoms with Crippen molar-refractivity contribution in [1.82, 2.24) is 4.98 Å². The molecule has 16 heavy (non-hydrogen) atoms. The van der Waals surface area contributed by atoms with Gasteiger partial charge in [-0.25, -0.2) is 9.18 Å². The molecule has 0 aliphatic carbocycles. The zero-order chi connectivity index (χ0) is 11.5. The van der Waals surface area contributed by atoms with Crippen molar-refractivity contribution in [1.29, 1.82) is 0 Å². The fourth-order valence-electron chi connectivity index (χ4n) is 1.42. The number of carbonyl (C=O) groups is 1. The van der Waals surface area contributed by atoms with E-state index in [-0.39, 0.29) is 5.56 Å². The molecule has 0 radical (unpaired) electrons. The Hall–Kier alpha value is -2.23. The number of carboxylic acid groups (broad SMARTS) is 1. The molecule has 1 heterocycles. The Labute approximate surface area is 91.2 Å². The van der Waals surface area contributed by atoms with Gasteiger partial charge in [-0.2, -0.15) is 0 Å². The summed E-state index contributed by atoms with van der Waals surface area (Å²) in [5, 5.41) is 8.80. The molecule has 0 saturated carbocycles. The Morgan fingerprint density at radius 3 is 2.44 bits per heavy atom. The number of pyridine rings is 1. The van der Waals surface area contributed by atoms with Gasteiger partial charge < -0.3 is 5.11 Å². The summed E-state index contributed by atoms with van der Waals surface area (Å²) in [4.78, 5) is 14.6. The monoisotopic (exact) mass is 217 g/mol. The van der Waals surface area contributed by atoms with Gasteiger partial charge in [-0.15, -0.1) is 0 Å². The van der Waals surface area contributed by atoms with Crippen LogP contribution < -0.4 is 0 Å². The van der Waals surface area contributed by atoms with Crippen LogP contribution in [0.15, 0.2) is 42.7 Å². The van der Waals surface area contributed by atoms with Gasteiger partial charge in [-0.05, 0) is 41.5 Å². The molecule has 0 unspecified atom stereocenters. The lowest BCUT2D eigenvalue weighted by atomic mass is 10.0. The smallest absolute Gasteiger partial charge is 0.335 e. The van der Waals surface area contributed by atoms with Crippen LogP contribution in [-0.4, -0.2) is 16.1 Å². The Balaban J connectivity index is 2.54. The maximum atomic E-state index is 13.2. The average Bonchev–Trinajstić information content (AvgIpc) is 2.29. The molecule has 0 amide bonds. The Bertz CT molecular complexity index is 526. The summed E-state index contributed by atoms with van der Waals surface area (Å²) in [5.74, 6) is -1.71. The zero-order valence-electron chi connectivity index (χ0n) is 8.22. The molecule has 2 aromatic rings. The first-order valence-corrected chi connectivity index (χ1v) is 4.61. The van der Waals surface area contributed by atoms with Crippen LogP contribution in [0, 0.1) is 5.82 Å². The van der Waals surface area contributed by atoms with Crippen LogP contribution in [0.3, 0.4) is 0 Å². The highest BCUT2D eigenvalue weighted by Gasteiger charge is 2.07. The van der Waals surface area contributed by atoms with Crippen LogP contribution in [0.5, 0.6) is 0 Å². The molecule has 0 bridgehead atoms. The van der Waals surface area contributed by atoms with Gasteiger partial charge in [0, 0.05) is 12.4 Å². The molecule has 0 aliphatic rings. The summed E-state index contributed by atoms with van der Waals surface area (Å²) in [6.45, 7) is 0. The van der Waals surface area contributed by atoms with Crippen LogP contribution >= 0.6 is 0 Å². The SMILES string of the molecule is O=C(O)c1cc(F)cc(-c2ccncc2)c1. The second-order valence-electron chi connectivity index (χ2n) is 3.27. The van der Waals surface area contributed by atoms with Gasteiger partial charge in [-0.3, -0.25) is 4.98 Å². The topological polar surface area (TPSA) is 50.2 Å². The molecule has 1 N–H and O–H groups in total. The normalized spacial score (nSPS) is 10.1. The van der Waals surface area contributed by atoms with Crippen molar-refractivity contribution in [2.24, 2.45) is 0 Å². The second-order valence-corrected chi connectivity index (χ2v) is 3.27. The molecular formula is C12H8FNO2. The minimum Gasteiger partial charge on any atom is -0.478 e. The fraction of sp³-hybridized carbons (Fsp3) is 0. The molecule has 2 rings (SSSR count). The molecule has 0 atom stereocenters. The van der Waals surface area contributed by atoms with E-state index < -0.39 is 11.8 Å². The lowest BCUT2D eigenvalue weighted by molar-refractivity contribution is 0.0696. The fourth-order valence-corrected chi connectivity index (χ4v) is 1.42. The van der Waals surface area contributed by atoms with Gasteiger partial charge in [0.15, 0.2) is 0 Å². The third-order valence-electron chi connectivity index (χ3n) is 2.16. The molecule has 1 aromatic heterocycles. The quantitative estimate of drug-likeness (QED) is 0.841. The van der Waals surface area contributed by atoms with Gasteiger partial charge >= 0.3 is 5.97 Å². The van der Waals surface area contributed by atoms with Gasteiger partial charge in [-0.1, -0.05) is 0 Å². The lowest BCUT2D eigenvalue weighted by Crippen LogP contribution is -1.97. The summed E-state index contributed by atoms with van der Waals surface area (Å²) in [6, 6.07) is 7.11. The van der Waals surface area contributed by atoms with Crippen molar-refractivity contribution in [3.8, 4) is 11.1 Å². The number of nitrogens with zero attached hydrogens (tertiary/aromatic N) is 1. The largest absolute Gasteiger partial charge is 0.478 e. The van der Waals surface area contributed by atoms with Crippen molar-refractivity contribution in [2.75, 3.05) is 0 Å². The lowest BCUT2D eigenvalue weighted by Gasteiger charge is -2.03. The second kappa shape index (κ2) is 4.10. The first kappa shape index (κ1) is 10.3.